The minimum Gasteiger partial charge on any atom is -0.472 e. The maximum atomic E-state index is 12.8. The zero-order valence-electron chi connectivity index (χ0n) is 11.0. The number of carbonyl (C=O) groups is 1. The topological polar surface area (TPSA) is 33.5 Å². The van der Waals surface area contributed by atoms with Crippen molar-refractivity contribution < 1.29 is 13.6 Å². The number of rotatable bonds is 5. The van der Waals surface area contributed by atoms with Crippen LogP contribution in [0.5, 0.6) is 0 Å². The predicted molar refractivity (Wildman–Crippen MR) is 70.4 cm³/mol. The van der Waals surface area contributed by atoms with Crippen LogP contribution in [-0.2, 0) is 6.54 Å². The number of nitrogens with zero attached hydrogens (tertiary/aromatic N) is 1. The molecule has 0 saturated carbocycles. The lowest BCUT2D eigenvalue weighted by atomic mass is 10.0. The first kappa shape index (κ1) is 13.5. The first-order valence-electron chi connectivity index (χ1n) is 6.09. The van der Waals surface area contributed by atoms with Gasteiger partial charge in [-0.25, -0.2) is 4.39 Å². The first-order chi connectivity index (χ1) is 9.08. The van der Waals surface area contributed by atoms with E-state index in [0.29, 0.717) is 12.1 Å². The van der Waals surface area contributed by atoms with Gasteiger partial charge in [-0.1, -0.05) is 0 Å². The highest BCUT2D eigenvalue weighted by atomic mass is 19.1. The van der Waals surface area contributed by atoms with E-state index in [4.69, 9.17) is 4.42 Å². The fraction of sp³-hybridized carbons (Fsp3) is 0.267. The maximum Gasteiger partial charge on any atom is 0.179 e. The number of Topliss-reactive ketones (excluding diaryl/α,β-unsaturated/α-hetero) is 1. The minimum absolute atomic E-state index is 0.0222. The van der Waals surface area contributed by atoms with Gasteiger partial charge in [0.2, 0.25) is 0 Å². The number of carbonyl (C=O) groups excluding carboxylic acids is 1. The molecule has 100 valence electrons. The average Bonchev–Trinajstić information content (AvgIpc) is 2.90. The van der Waals surface area contributed by atoms with Crippen LogP contribution in [0.25, 0.3) is 0 Å². The summed E-state index contributed by atoms with van der Waals surface area (Å²) in [6.45, 7) is 2.47. The highest BCUT2D eigenvalue weighted by Gasteiger charge is 2.19. The molecule has 1 unspecified atom stereocenters. The molecule has 19 heavy (non-hydrogen) atoms. The summed E-state index contributed by atoms with van der Waals surface area (Å²) < 4.78 is 17.8. The zero-order valence-corrected chi connectivity index (χ0v) is 11.0. The number of furan rings is 1. The van der Waals surface area contributed by atoms with Crippen LogP contribution < -0.4 is 0 Å². The van der Waals surface area contributed by atoms with Gasteiger partial charge in [-0.3, -0.25) is 9.69 Å². The van der Waals surface area contributed by atoms with Crippen molar-refractivity contribution in [1.82, 2.24) is 4.90 Å². The van der Waals surface area contributed by atoms with Crippen LogP contribution in [0.3, 0.4) is 0 Å². The molecule has 0 spiro atoms. The summed E-state index contributed by atoms with van der Waals surface area (Å²) in [7, 11) is 1.87. The lowest BCUT2D eigenvalue weighted by Crippen LogP contribution is -2.35. The molecular weight excluding hydrogens is 245 g/mol. The van der Waals surface area contributed by atoms with Gasteiger partial charge in [0, 0.05) is 17.7 Å². The third kappa shape index (κ3) is 3.29. The standard InChI is InChI=1S/C15H16FNO2/c1-11(17(2)9-12-7-8-19-10-12)15(18)13-3-5-14(16)6-4-13/h3-8,10-11H,9H2,1-2H3. The second-order valence-electron chi connectivity index (χ2n) is 4.59. The summed E-state index contributed by atoms with van der Waals surface area (Å²) in [5.74, 6) is -0.359. The summed E-state index contributed by atoms with van der Waals surface area (Å²) in [6, 6.07) is 7.22. The molecule has 2 rings (SSSR count). The number of hydrogen-bond acceptors (Lipinski definition) is 3. The fourth-order valence-electron chi connectivity index (χ4n) is 1.86. The Bertz CT molecular complexity index is 534. The number of halogens is 1. The number of ketones is 1. The molecule has 1 atom stereocenters. The molecule has 0 saturated heterocycles. The number of benzene rings is 1. The molecule has 4 heteroatoms. The Morgan fingerprint density at radius 1 is 1.32 bits per heavy atom. The Morgan fingerprint density at radius 3 is 2.58 bits per heavy atom. The van der Waals surface area contributed by atoms with Gasteiger partial charge in [0.25, 0.3) is 0 Å². The molecule has 3 nitrogen and oxygen atoms in total. The molecule has 2 aromatic rings. The van der Waals surface area contributed by atoms with Crippen LogP contribution in [0.4, 0.5) is 4.39 Å². The molecule has 0 aliphatic heterocycles. The number of hydrogen-bond donors (Lipinski definition) is 0. The third-order valence-corrected chi connectivity index (χ3v) is 3.18. The van der Waals surface area contributed by atoms with E-state index in [1.807, 2.05) is 24.9 Å². The van der Waals surface area contributed by atoms with Gasteiger partial charge < -0.3 is 4.42 Å². The van der Waals surface area contributed by atoms with E-state index in [9.17, 15) is 9.18 Å². The summed E-state index contributed by atoms with van der Waals surface area (Å²) in [5.41, 5.74) is 1.54. The van der Waals surface area contributed by atoms with Crippen molar-refractivity contribution in [2.24, 2.45) is 0 Å². The van der Waals surface area contributed by atoms with Crippen LogP contribution in [0.2, 0.25) is 0 Å². The van der Waals surface area contributed by atoms with E-state index in [1.54, 1.807) is 12.5 Å². The predicted octanol–water partition coefficient (Wildman–Crippen LogP) is 3.12. The van der Waals surface area contributed by atoms with Gasteiger partial charge in [-0.15, -0.1) is 0 Å². The second kappa shape index (κ2) is 5.80. The molecule has 0 amide bonds. The van der Waals surface area contributed by atoms with Crippen LogP contribution in [0.1, 0.15) is 22.8 Å². The molecule has 1 heterocycles. The van der Waals surface area contributed by atoms with Crippen LogP contribution in [0, 0.1) is 5.82 Å². The molecule has 0 aliphatic carbocycles. The van der Waals surface area contributed by atoms with Crippen LogP contribution in [0.15, 0.2) is 47.3 Å². The summed E-state index contributed by atoms with van der Waals surface area (Å²) >= 11 is 0. The largest absolute Gasteiger partial charge is 0.472 e. The van der Waals surface area contributed by atoms with Gasteiger partial charge in [0.1, 0.15) is 5.82 Å². The summed E-state index contributed by atoms with van der Waals surface area (Å²) in [6.07, 6.45) is 3.27. The van der Waals surface area contributed by atoms with Crippen molar-refractivity contribution in [1.29, 1.82) is 0 Å². The van der Waals surface area contributed by atoms with Crippen molar-refractivity contribution in [2.45, 2.75) is 19.5 Å². The third-order valence-electron chi connectivity index (χ3n) is 3.18. The van der Waals surface area contributed by atoms with E-state index in [2.05, 4.69) is 0 Å². The Morgan fingerprint density at radius 2 is 2.00 bits per heavy atom. The van der Waals surface area contributed by atoms with E-state index in [1.165, 1.54) is 24.3 Å². The number of likely N-dealkylation sites (N-methyl/N-ethyl adjacent to an activating group) is 1. The highest BCUT2D eigenvalue weighted by molar-refractivity contribution is 5.99. The van der Waals surface area contributed by atoms with E-state index < -0.39 is 0 Å². The lowest BCUT2D eigenvalue weighted by molar-refractivity contribution is 0.0862. The molecule has 0 bridgehead atoms. The van der Waals surface area contributed by atoms with E-state index in [-0.39, 0.29) is 17.6 Å². The Kier molecular flexibility index (Phi) is 4.12. The molecule has 0 N–H and O–H groups in total. The molecule has 1 aromatic heterocycles. The van der Waals surface area contributed by atoms with Gasteiger partial charge in [0.05, 0.1) is 18.6 Å². The second-order valence-corrected chi connectivity index (χ2v) is 4.59. The first-order valence-corrected chi connectivity index (χ1v) is 6.09. The average molecular weight is 261 g/mol. The van der Waals surface area contributed by atoms with Crippen molar-refractivity contribution >= 4 is 5.78 Å². The Balaban J connectivity index is 2.04. The van der Waals surface area contributed by atoms with Crippen molar-refractivity contribution in [3.8, 4) is 0 Å². The van der Waals surface area contributed by atoms with Gasteiger partial charge >= 0.3 is 0 Å². The quantitative estimate of drug-likeness (QED) is 0.775. The van der Waals surface area contributed by atoms with Crippen molar-refractivity contribution in [3.63, 3.8) is 0 Å². The lowest BCUT2D eigenvalue weighted by Gasteiger charge is -2.22. The molecule has 0 fully saturated rings. The molecule has 1 aromatic carbocycles. The van der Waals surface area contributed by atoms with Gasteiger partial charge in [-0.05, 0) is 44.3 Å². The van der Waals surface area contributed by atoms with E-state index >= 15 is 0 Å². The maximum absolute atomic E-state index is 12.8. The van der Waals surface area contributed by atoms with Crippen molar-refractivity contribution in [3.05, 3.63) is 59.8 Å². The van der Waals surface area contributed by atoms with Crippen LogP contribution >= 0.6 is 0 Å². The Hall–Kier alpha value is -1.94. The zero-order chi connectivity index (χ0) is 13.8. The molecule has 0 aliphatic rings. The fourth-order valence-corrected chi connectivity index (χ4v) is 1.86. The normalized spacial score (nSPS) is 12.6. The highest BCUT2D eigenvalue weighted by Crippen LogP contribution is 2.12. The summed E-state index contributed by atoms with van der Waals surface area (Å²) in [4.78, 5) is 14.2. The van der Waals surface area contributed by atoms with Crippen LogP contribution in [-0.4, -0.2) is 23.8 Å². The smallest absolute Gasteiger partial charge is 0.179 e. The summed E-state index contributed by atoms with van der Waals surface area (Å²) in [5, 5.41) is 0. The van der Waals surface area contributed by atoms with Gasteiger partial charge in [0.15, 0.2) is 5.78 Å². The minimum atomic E-state index is -0.337. The monoisotopic (exact) mass is 261 g/mol. The SMILES string of the molecule is CC(C(=O)c1ccc(F)cc1)N(C)Cc1ccoc1. The molecular formula is C15H16FNO2. The van der Waals surface area contributed by atoms with E-state index in [0.717, 1.165) is 5.56 Å². The van der Waals surface area contributed by atoms with Crippen molar-refractivity contribution in [2.75, 3.05) is 7.05 Å². The van der Waals surface area contributed by atoms with Gasteiger partial charge in [-0.2, -0.15) is 0 Å². The Labute approximate surface area is 111 Å². The molecule has 0 radical (unpaired) electrons.